The van der Waals surface area contributed by atoms with Crippen LogP contribution in [0.4, 0.5) is 5.69 Å². The monoisotopic (exact) mass is 322 g/mol. The van der Waals surface area contributed by atoms with E-state index in [9.17, 15) is 28.1 Å². The fourth-order valence-corrected chi connectivity index (χ4v) is 2.96. The molecule has 11 heteroatoms. The number of carbonyl (C=O) groups is 2. The number of halogens is 1. The number of nitrogens with one attached hydrogen (secondary N) is 1. The molecule has 0 saturated carbocycles. The average molecular weight is 323 g/mol. The molecule has 2 N–H and O–H groups in total. The second-order valence-electron chi connectivity index (χ2n) is 3.50. The Morgan fingerprint density at radius 1 is 1.40 bits per heavy atom. The van der Waals surface area contributed by atoms with Crippen LogP contribution < -0.4 is 4.72 Å². The first-order valence-corrected chi connectivity index (χ1v) is 6.67. The van der Waals surface area contributed by atoms with Gasteiger partial charge < -0.3 is 5.11 Å². The summed E-state index contributed by atoms with van der Waals surface area (Å²) in [7, 11) is -4.42. The maximum Gasteiger partial charge on any atom is 0.342 e. The predicted octanol–water partition coefficient (Wildman–Crippen LogP) is 0.771. The molecule has 0 fully saturated rings. The van der Waals surface area contributed by atoms with E-state index in [1.54, 1.807) is 4.72 Å². The number of amides is 1. The summed E-state index contributed by atoms with van der Waals surface area (Å²) < 4.78 is 25.0. The predicted molar refractivity (Wildman–Crippen MR) is 66.1 cm³/mol. The Morgan fingerprint density at radius 2 is 1.95 bits per heavy atom. The molecule has 0 radical (unpaired) electrons. The fraction of sp³-hybridized carbons (Fsp3) is 0.111. The third kappa shape index (κ3) is 3.03. The summed E-state index contributed by atoms with van der Waals surface area (Å²) in [5, 5.41) is 18.7. The van der Waals surface area contributed by atoms with Gasteiger partial charge in [-0.25, -0.2) is 17.9 Å². The molecule has 0 heterocycles. The molecule has 0 atom stereocenters. The Balaban J connectivity index is 3.62. The first-order chi connectivity index (χ1) is 9.08. The molecule has 1 rings (SSSR count). The van der Waals surface area contributed by atoms with E-state index in [1.165, 1.54) is 0 Å². The summed E-state index contributed by atoms with van der Waals surface area (Å²) in [4.78, 5) is 30.6. The topological polar surface area (TPSA) is 144 Å². The summed E-state index contributed by atoms with van der Waals surface area (Å²) in [5.74, 6) is -2.56. The van der Waals surface area contributed by atoms with Crippen molar-refractivity contribution in [1.82, 2.24) is 4.72 Å². The highest BCUT2D eigenvalue weighted by molar-refractivity contribution is 7.90. The minimum atomic E-state index is -4.42. The number of nitrogens with zero attached hydrogens (tertiary/aromatic N) is 1. The van der Waals surface area contributed by atoms with Crippen LogP contribution in [0.1, 0.15) is 17.3 Å². The molecule has 108 valence electrons. The highest BCUT2D eigenvalue weighted by Crippen LogP contribution is 2.34. The van der Waals surface area contributed by atoms with Crippen LogP contribution in [0.2, 0.25) is 5.02 Å². The Bertz CT molecular complexity index is 713. The van der Waals surface area contributed by atoms with Gasteiger partial charge in [-0.05, 0) is 12.1 Å². The minimum Gasteiger partial charge on any atom is -0.477 e. The van der Waals surface area contributed by atoms with Crippen molar-refractivity contribution < 1.29 is 28.0 Å². The maximum absolute atomic E-state index is 11.7. The van der Waals surface area contributed by atoms with E-state index < -0.39 is 48.0 Å². The SMILES string of the molecule is CC(=O)NS(=O)(=O)c1ccc(C(=O)O)c([N+](=O)[O-])c1Cl. The van der Waals surface area contributed by atoms with Crippen LogP contribution in [0.3, 0.4) is 0 Å². The summed E-state index contributed by atoms with van der Waals surface area (Å²) >= 11 is 5.59. The van der Waals surface area contributed by atoms with Gasteiger partial charge in [0.2, 0.25) is 5.91 Å². The van der Waals surface area contributed by atoms with E-state index in [2.05, 4.69) is 0 Å². The van der Waals surface area contributed by atoms with Gasteiger partial charge in [-0.1, -0.05) is 11.6 Å². The Morgan fingerprint density at radius 3 is 2.35 bits per heavy atom. The normalized spacial score (nSPS) is 10.9. The summed E-state index contributed by atoms with van der Waals surface area (Å²) in [6.07, 6.45) is 0. The molecular formula is C9H7ClN2O7S. The van der Waals surface area contributed by atoms with Gasteiger partial charge in [0.15, 0.2) is 0 Å². The van der Waals surface area contributed by atoms with Crippen LogP contribution in [0.15, 0.2) is 17.0 Å². The fourth-order valence-electron chi connectivity index (χ4n) is 1.35. The van der Waals surface area contributed by atoms with Gasteiger partial charge in [-0.3, -0.25) is 14.9 Å². The molecule has 9 nitrogen and oxygen atoms in total. The summed E-state index contributed by atoms with van der Waals surface area (Å²) in [6.45, 7) is 0.922. The molecule has 0 aliphatic heterocycles. The van der Waals surface area contributed by atoms with E-state index in [-0.39, 0.29) is 0 Å². The number of aromatic carboxylic acids is 1. The number of carboxylic acid groups (broad SMARTS) is 1. The van der Waals surface area contributed by atoms with E-state index in [0.29, 0.717) is 0 Å². The van der Waals surface area contributed by atoms with Crippen LogP contribution >= 0.6 is 11.6 Å². The van der Waals surface area contributed by atoms with Gasteiger partial charge in [-0.2, -0.15) is 0 Å². The molecule has 0 saturated heterocycles. The number of rotatable bonds is 4. The third-order valence-corrected chi connectivity index (χ3v) is 4.03. The summed E-state index contributed by atoms with van der Waals surface area (Å²) in [6, 6.07) is 1.49. The number of benzene rings is 1. The zero-order valence-electron chi connectivity index (χ0n) is 9.78. The highest BCUT2D eigenvalue weighted by atomic mass is 35.5. The lowest BCUT2D eigenvalue weighted by atomic mass is 10.2. The Kier molecular flexibility index (Phi) is 4.30. The van der Waals surface area contributed by atoms with Gasteiger partial charge in [0.25, 0.3) is 10.0 Å². The first-order valence-electron chi connectivity index (χ1n) is 4.81. The number of carboxylic acids is 1. The highest BCUT2D eigenvalue weighted by Gasteiger charge is 2.31. The van der Waals surface area contributed by atoms with E-state index in [1.807, 2.05) is 0 Å². The molecule has 1 amide bonds. The molecule has 20 heavy (non-hydrogen) atoms. The number of sulfonamides is 1. The van der Waals surface area contributed by atoms with Crippen LogP contribution in [0, 0.1) is 10.1 Å². The van der Waals surface area contributed by atoms with Crippen molar-refractivity contribution in [2.24, 2.45) is 0 Å². The Hall–Kier alpha value is -2.20. The minimum absolute atomic E-state index is 0.723. The molecule has 0 aliphatic carbocycles. The van der Waals surface area contributed by atoms with Crippen molar-refractivity contribution in [2.45, 2.75) is 11.8 Å². The lowest BCUT2D eigenvalue weighted by molar-refractivity contribution is -0.385. The third-order valence-electron chi connectivity index (χ3n) is 2.06. The van der Waals surface area contributed by atoms with E-state index >= 15 is 0 Å². The zero-order valence-corrected chi connectivity index (χ0v) is 11.4. The smallest absolute Gasteiger partial charge is 0.342 e. The lowest BCUT2D eigenvalue weighted by Crippen LogP contribution is -2.28. The van der Waals surface area contributed by atoms with Crippen molar-refractivity contribution in [3.05, 3.63) is 32.8 Å². The Labute approximate surface area is 117 Å². The second kappa shape index (κ2) is 5.43. The summed E-state index contributed by atoms with van der Waals surface area (Å²) in [5.41, 5.74) is -1.83. The molecule has 0 aliphatic rings. The number of nitro groups is 1. The molecule has 1 aromatic carbocycles. The number of hydrogen-bond acceptors (Lipinski definition) is 6. The van der Waals surface area contributed by atoms with Crippen LogP contribution in [0.5, 0.6) is 0 Å². The van der Waals surface area contributed by atoms with Crippen LogP contribution in [-0.4, -0.2) is 30.3 Å². The van der Waals surface area contributed by atoms with E-state index in [0.717, 1.165) is 19.1 Å². The average Bonchev–Trinajstić information content (AvgIpc) is 2.25. The second-order valence-corrected chi connectivity index (χ2v) is 5.53. The largest absolute Gasteiger partial charge is 0.477 e. The quantitative estimate of drug-likeness (QED) is 0.615. The molecule has 0 aromatic heterocycles. The zero-order chi connectivity index (χ0) is 15.7. The van der Waals surface area contributed by atoms with Gasteiger partial charge in [-0.15, -0.1) is 0 Å². The number of hydrogen-bond donors (Lipinski definition) is 2. The van der Waals surface area contributed by atoms with Crippen LogP contribution in [-0.2, 0) is 14.8 Å². The van der Waals surface area contributed by atoms with Gasteiger partial charge in [0, 0.05) is 6.92 Å². The molecule has 0 unspecified atom stereocenters. The van der Waals surface area contributed by atoms with Crippen molar-refractivity contribution in [3.63, 3.8) is 0 Å². The first kappa shape index (κ1) is 15.9. The van der Waals surface area contributed by atoms with Gasteiger partial charge in [0.05, 0.1) is 4.92 Å². The van der Waals surface area contributed by atoms with Crippen molar-refractivity contribution in [3.8, 4) is 0 Å². The van der Waals surface area contributed by atoms with Crippen molar-refractivity contribution >= 4 is 39.2 Å². The van der Waals surface area contributed by atoms with Crippen molar-refractivity contribution in [1.29, 1.82) is 0 Å². The standard InChI is InChI=1S/C9H7ClN2O7S/c1-4(13)11-20(18,19)6-3-2-5(9(14)15)8(7(6)10)12(16)17/h2-3H,1H3,(H,11,13)(H,14,15). The maximum atomic E-state index is 11.7. The van der Waals surface area contributed by atoms with E-state index in [4.69, 9.17) is 16.7 Å². The van der Waals surface area contributed by atoms with Gasteiger partial charge >= 0.3 is 11.7 Å². The van der Waals surface area contributed by atoms with Gasteiger partial charge in [0.1, 0.15) is 15.5 Å². The van der Waals surface area contributed by atoms with Crippen LogP contribution in [0.25, 0.3) is 0 Å². The number of nitro benzene ring substituents is 1. The number of carbonyl (C=O) groups excluding carboxylic acids is 1. The lowest BCUT2D eigenvalue weighted by Gasteiger charge is -2.08. The van der Waals surface area contributed by atoms with Crippen molar-refractivity contribution in [2.75, 3.05) is 0 Å². The molecular weight excluding hydrogens is 316 g/mol. The molecule has 0 spiro atoms. The molecule has 1 aromatic rings. The molecule has 0 bridgehead atoms.